The van der Waals surface area contributed by atoms with Gasteiger partial charge >= 0.3 is 5.97 Å². The monoisotopic (exact) mass is 211 g/mol. The summed E-state index contributed by atoms with van der Waals surface area (Å²) < 4.78 is 6.89. The van der Waals surface area contributed by atoms with Gasteiger partial charge in [0.15, 0.2) is 0 Å². The largest absolute Gasteiger partial charge is 0.480 e. The highest BCUT2D eigenvalue weighted by atomic mass is 16.5. The Bertz CT molecular complexity index is 368. The molecule has 2 rings (SSSR count). The summed E-state index contributed by atoms with van der Waals surface area (Å²) in [5.74, 6) is -0.927. The normalized spacial score (nSPS) is 25.7. The molecule has 0 saturated carbocycles. The van der Waals surface area contributed by atoms with Crippen LogP contribution in [0.3, 0.4) is 0 Å². The Morgan fingerprint density at radius 2 is 2.60 bits per heavy atom. The van der Waals surface area contributed by atoms with Crippen LogP contribution in [0.1, 0.15) is 25.5 Å². The van der Waals surface area contributed by atoms with Gasteiger partial charge in [-0.15, -0.1) is 5.10 Å². The number of hydrogen-bond acceptors (Lipinski definition) is 4. The van der Waals surface area contributed by atoms with Gasteiger partial charge in [0.1, 0.15) is 17.8 Å². The van der Waals surface area contributed by atoms with E-state index in [4.69, 9.17) is 9.84 Å². The molecule has 0 aliphatic carbocycles. The molecule has 15 heavy (non-hydrogen) atoms. The standard InChI is InChI=1S/C9H13N3O3/c1-9(3-2-4-15-9)7-5-12(11-10-7)6-8(13)14/h5H,2-4,6H2,1H3,(H,13,14). The lowest BCUT2D eigenvalue weighted by molar-refractivity contribution is -0.137. The third-order valence-electron chi connectivity index (χ3n) is 2.60. The Morgan fingerprint density at radius 3 is 3.20 bits per heavy atom. The summed E-state index contributed by atoms with van der Waals surface area (Å²) in [7, 11) is 0. The molecule has 1 unspecified atom stereocenters. The van der Waals surface area contributed by atoms with Crippen LogP contribution in [0.4, 0.5) is 0 Å². The van der Waals surface area contributed by atoms with E-state index in [1.54, 1.807) is 6.20 Å². The number of aliphatic carboxylic acids is 1. The van der Waals surface area contributed by atoms with Gasteiger partial charge in [-0.1, -0.05) is 5.21 Å². The average molecular weight is 211 g/mol. The molecule has 6 nitrogen and oxygen atoms in total. The molecule has 2 heterocycles. The molecule has 0 aromatic carbocycles. The molecule has 0 bridgehead atoms. The predicted molar refractivity (Wildman–Crippen MR) is 50.2 cm³/mol. The van der Waals surface area contributed by atoms with E-state index in [9.17, 15) is 4.79 Å². The number of carboxylic acids is 1. The summed E-state index contributed by atoms with van der Waals surface area (Å²) in [6, 6.07) is 0. The van der Waals surface area contributed by atoms with Crippen molar-refractivity contribution in [2.24, 2.45) is 0 Å². The fourth-order valence-corrected chi connectivity index (χ4v) is 1.74. The molecule has 1 fully saturated rings. The molecular weight excluding hydrogens is 198 g/mol. The van der Waals surface area contributed by atoms with Gasteiger partial charge in [-0.25, -0.2) is 4.68 Å². The third kappa shape index (κ3) is 1.99. The molecule has 0 amide bonds. The summed E-state index contributed by atoms with van der Waals surface area (Å²) in [4.78, 5) is 10.5. The molecule has 0 radical (unpaired) electrons. The maximum atomic E-state index is 10.5. The topological polar surface area (TPSA) is 77.2 Å². The van der Waals surface area contributed by atoms with Crippen molar-refractivity contribution in [3.8, 4) is 0 Å². The zero-order valence-corrected chi connectivity index (χ0v) is 8.51. The Hall–Kier alpha value is -1.43. The Morgan fingerprint density at radius 1 is 1.80 bits per heavy atom. The second-order valence-corrected chi connectivity index (χ2v) is 3.88. The second kappa shape index (κ2) is 3.62. The van der Waals surface area contributed by atoms with Gasteiger partial charge in [-0.2, -0.15) is 0 Å². The van der Waals surface area contributed by atoms with Crippen LogP contribution in [0.25, 0.3) is 0 Å². The second-order valence-electron chi connectivity index (χ2n) is 3.88. The van der Waals surface area contributed by atoms with Crippen molar-refractivity contribution in [1.82, 2.24) is 15.0 Å². The maximum Gasteiger partial charge on any atom is 0.325 e. The van der Waals surface area contributed by atoms with Crippen molar-refractivity contribution < 1.29 is 14.6 Å². The number of rotatable bonds is 3. The zero-order valence-electron chi connectivity index (χ0n) is 8.51. The molecule has 1 aromatic rings. The minimum Gasteiger partial charge on any atom is -0.480 e. The van der Waals surface area contributed by atoms with Crippen LogP contribution in [-0.4, -0.2) is 32.7 Å². The molecule has 1 N–H and O–H groups in total. The van der Waals surface area contributed by atoms with Crippen molar-refractivity contribution in [2.45, 2.75) is 31.9 Å². The molecule has 6 heteroatoms. The van der Waals surface area contributed by atoms with Gasteiger partial charge in [0.2, 0.25) is 0 Å². The van der Waals surface area contributed by atoms with E-state index in [-0.39, 0.29) is 6.54 Å². The number of aromatic nitrogens is 3. The highest BCUT2D eigenvalue weighted by Gasteiger charge is 2.34. The van der Waals surface area contributed by atoms with Crippen LogP contribution in [0, 0.1) is 0 Å². The van der Waals surface area contributed by atoms with Crippen LogP contribution >= 0.6 is 0 Å². The molecule has 1 atom stereocenters. The van der Waals surface area contributed by atoms with Crippen molar-refractivity contribution in [1.29, 1.82) is 0 Å². The van der Waals surface area contributed by atoms with Crippen LogP contribution in [0.5, 0.6) is 0 Å². The minimum absolute atomic E-state index is 0.164. The average Bonchev–Trinajstić information content (AvgIpc) is 2.74. The van der Waals surface area contributed by atoms with Crippen LogP contribution < -0.4 is 0 Å². The van der Waals surface area contributed by atoms with Crippen LogP contribution in [-0.2, 0) is 21.7 Å². The van der Waals surface area contributed by atoms with E-state index in [0.717, 1.165) is 19.4 Å². The van der Waals surface area contributed by atoms with Gasteiger partial charge in [0.25, 0.3) is 0 Å². The molecule has 1 saturated heterocycles. The molecule has 82 valence electrons. The Balaban J connectivity index is 2.15. The van der Waals surface area contributed by atoms with E-state index in [0.29, 0.717) is 5.69 Å². The first-order valence-corrected chi connectivity index (χ1v) is 4.86. The van der Waals surface area contributed by atoms with E-state index in [2.05, 4.69) is 10.3 Å². The van der Waals surface area contributed by atoms with Gasteiger partial charge < -0.3 is 9.84 Å². The lowest BCUT2D eigenvalue weighted by atomic mass is 10.00. The van der Waals surface area contributed by atoms with Crippen molar-refractivity contribution in [2.75, 3.05) is 6.61 Å². The molecule has 1 aliphatic heterocycles. The Kier molecular flexibility index (Phi) is 2.44. The van der Waals surface area contributed by atoms with Crippen LogP contribution in [0.15, 0.2) is 6.20 Å². The van der Waals surface area contributed by atoms with E-state index in [1.165, 1.54) is 4.68 Å². The number of ether oxygens (including phenoxy) is 1. The first kappa shape index (κ1) is 10.1. The van der Waals surface area contributed by atoms with Crippen molar-refractivity contribution in [3.05, 3.63) is 11.9 Å². The molecular formula is C9H13N3O3. The van der Waals surface area contributed by atoms with E-state index < -0.39 is 11.6 Å². The highest BCUT2D eigenvalue weighted by Crippen LogP contribution is 2.33. The summed E-state index contributed by atoms with van der Waals surface area (Å²) >= 11 is 0. The third-order valence-corrected chi connectivity index (χ3v) is 2.60. The molecule has 1 aromatic heterocycles. The van der Waals surface area contributed by atoms with Crippen LogP contribution in [0.2, 0.25) is 0 Å². The van der Waals surface area contributed by atoms with Crippen molar-refractivity contribution >= 4 is 5.97 Å². The smallest absolute Gasteiger partial charge is 0.325 e. The fourth-order valence-electron chi connectivity index (χ4n) is 1.74. The molecule has 1 aliphatic rings. The molecule has 0 spiro atoms. The van der Waals surface area contributed by atoms with Crippen molar-refractivity contribution in [3.63, 3.8) is 0 Å². The number of carboxylic acid groups (broad SMARTS) is 1. The Labute approximate surface area is 86.8 Å². The van der Waals surface area contributed by atoms with E-state index >= 15 is 0 Å². The minimum atomic E-state index is -0.927. The lowest BCUT2D eigenvalue weighted by Crippen LogP contribution is -2.20. The summed E-state index contributed by atoms with van der Waals surface area (Å²) in [5, 5.41) is 16.3. The van der Waals surface area contributed by atoms with Gasteiger partial charge in [-0.3, -0.25) is 4.79 Å². The SMILES string of the molecule is CC1(c2cn(CC(=O)O)nn2)CCCO1. The summed E-state index contributed by atoms with van der Waals surface area (Å²) in [6.07, 6.45) is 3.54. The first-order chi connectivity index (χ1) is 7.10. The summed E-state index contributed by atoms with van der Waals surface area (Å²) in [5.41, 5.74) is 0.317. The number of hydrogen-bond donors (Lipinski definition) is 1. The van der Waals surface area contributed by atoms with E-state index in [1.807, 2.05) is 6.92 Å². The predicted octanol–water partition coefficient (Wildman–Crippen LogP) is 0.388. The lowest BCUT2D eigenvalue weighted by Gasteiger charge is -2.19. The van der Waals surface area contributed by atoms with Gasteiger partial charge in [0, 0.05) is 6.61 Å². The maximum absolute atomic E-state index is 10.5. The van der Waals surface area contributed by atoms with Gasteiger partial charge in [0.05, 0.1) is 6.20 Å². The fraction of sp³-hybridized carbons (Fsp3) is 0.667. The number of nitrogens with zero attached hydrogens (tertiary/aromatic N) is 3. The highest BCUT2D eigenvalue weighted by molar-refractivity contribution is 5.66. The number of carbonyl (C=O) groups is 1. The zero-order chi connectivity index (χ0) is 10.9. The quantitative estimate of drug-likeness (QED) is 0.782. The first-order valence-electron chi connectivity index (χ1n) is 4.86. The van der Waals surface area contributed by atoms with Gasteiger partial charge in [-0.05, 0) is 19.8 Å². The summed E-state index contributed by atoms with van der Waals surface area (Å²) in [6.45, 7) is 2.51.